The van der Waals surface area contributed by atoms with Crippen LogP contribution in [0.25, 0.3) is 0 Å². The van der Waals surface area contributed by atoms with E-state index in [0.29, 0.717) is 0 Å². The number of hydrogen-bond donors (Lipinski definition) is 1. The fourth-order valence-electron chi connectivity index (χ4n) is 1.17. The van der Waals surface area contributed by atoms with E-state index >= 15 is 0 Å². The predicted octanol–water partition coefficient (Wildman–Crippen LogP) is 2.26. The van der Waals surface area contributed by atoms with Gasteiger partial charge in [0, 0.05) is 6.07 Å². The molecule has 0 spiro atoms. The van der Waals surface area contributed by atoms with Crippen LogP contribution >= 0.6 is 0 Å². The SMILES string of the molecule is O=C(O)c1c([O-])cc(OC(F)(F)F)cc1OC(F)(F)F. The number of rotatable bonds is 3. The van der Waals surface area contributed by atoms with Gasteiger partial charge in [-0.25, -0.2) is 4.79 Å². The van der Waals surface area contributed by atoms with E-state index in [-0.39, 0.29) is 12.1 Å². The topological polar surface area (TPSA) is 78.8 Å². The molecule has 0 saturated heterocycles. The average molecular weight is 305 g/mol. The van der Waals surface area contributed by atoms with Crippen LogP contribution in [0.3, 0.4) is 0 Å². The van der Waals surface area contributed by atoms with Crippen LogP contribution in [0.15, 0.2) is 12.1 Å². The zero-order valence-electron chi connectivity index (χ0n) is 9.00. The van der Waals surface area contributed by atoms with Gasteiger partial charge in [-0.3, -0.25) is 0 Å². The third kappa shape index (κ3) is 4.40. The minimum atomic E-state index is -5.40. The highest BCUT2D eigenvalue weighted by Crippen LogP contribution is 2.36. The lowest BCUT2D eigenvalue weighted by Crippen LogP contribution is -2.21. The number of alkyl halides is 6. The summed E-state index contributed by atoms with van der Waals surface area (Å²) in [6, 6.07) is 0.0893. The van der Waals surface area contributed by atoms with E-state index in [1.165, 1.54) is 0 Å². The zero-order chi connectivity index (χ0) is 15.7. The lowest BCUT2D eigenvalue weighted by atomic mass is 10.1. The van der Waals surface area contributed by atoms with Gasteiger partial charge in [-0.15, -0.1) is 26.3 Å². The number of ether oxygens (including phenoxy) is 2. The maximum absolute atomic E-state index is 12.0. The number of halogens is 6. The van der Waals surface area contributed by atoms with E-state index in [1.807, 2.05) is 0 Å². The average Bonchev–Trinajstić information content (AvgIpc) is 2.08. The first kappa shape index (κ1) is 15.7. The summed E-state index contributed by atoms with van der Waals surface area (Å²) in [5.41, 5.74) is -1.46. The molecular formula is C9H3F6O5-. The maximum atomic E-state index is 12.0. The molecule has 11 heteroatoms. The summed E-state index contributed by atoms with van der Waals surface area (Å²) in [6.45, 7) is 0. The van der Waals surface area contributed by atoms with Crippen LogP contribution in [-0.2, 0) is 0 Å². The van der Waals surface area contributed by atoms with Crippen LogP contribution < -0.4 is 14.6 Å². The molecule has 0 heterocycles. The van der Waals surface area contributed by atoms with E-state index in [9.17, 15) is 36.2 Å². The number of carbonyl (C=O) groups is 1. The van der Waals surface area contributed by atoms with E-state index in [0.717, 1.165) is 0 Å². The van der Waals surface area contributed by atoms with Gasteiger partial charge < -0.3 is 19.7 Å². The highest BCUT2D eigenvalue weighted by molar-refractivity contribution is 5.94. The third-order valence-corrected chi connectivity index (χ3v) is 1.71. The first-order valence-electron chi connectivity index (χ1n) is 4.49. The smallest absolute Gasteiger partial charge is 0.573 e. The van der Waals surface area contributed by atoms with Crippen LogP contribution in [0.2, 0.25) is 0 Å². The van der Waals surface area contributed by atoms with E-state index < -0.39 is 41.5 Å². The summed E-state index contributed by atoms with van der Waals surface area (Å²) in [7, 11) is 0. The summed E-state index contributed by atoms with van der Waals surface area (Å²) in [6.07, 6.45) is -10.7. The molecule has 0 atom stereocenters. The maximum Gasteiger partial charge on any atom is 0.573 e. The molecule has 0 saturated carbocycles. The van der Waals surface area contributed by atoms with Gasteiger partial charge in [0.1, 0.15) is 11.5 Å². The molecule has 20 heavy (non-hydrogen) atoms. The van der Waals surface area contributed by atoms with E-state index in [1.54, 1.807) is 0 Å². The first-order chi connectivity index (χ1) is 8.89. The molecule has 0 aliphatic heterocycles. The highest BCUT2D eigenvalue weighted by atomic mass is 19.4. The Morgan fingerprint density at radius 1 is 1.05 bits per heavy atom. The van der Waals surface area contributed by atoms with Crippen molar-refractivity contribution < 1.29 is 50.8 Å². The van der Waals surface area contributed by atoms with Crippen molar-refractivity contribution in [2.24, 2.45) is 0 Å². The van der Waals surface area contributed by atoms with E-state index in [4.69, 9.17) is 5.11 Å². The second-order valence-electron chi connectivity index (χ2n) is 3.20. The zero-order valence-corrected chi connectivity index (χ0v) is 9.00. The molecule has 0 bridgehead atoms. The Hall–Kier alpha value is -2.33. The Labute approximate surface area is 105 Å². The van der Waals surface area contributed by atoms with Crippen LogP contribution in [0.5, 0.6) is 17.2 Å². The van der Waals surface area contributed by atoms with Crippen LogP contribution in [0.4, 0.5) is 26.3 Å². The molecule has 1 aromatic carbocycles. The van der Waals surface area contributed by atoms with Gasteiger partial charge in [0.15, 0.2) is 0 Å². The van der Waals surface area contributed by atoms with Gasteiger partial charge in [-0.2, -0.15) is 0 Å². The normalized spacial score (nSPS) is 12.1. The summed E-state index contributed by atoms with van der Waals surface area (Å²) in [5, 5.41) is 19.8. The molecular weight excluding hydrogens is 302 g/mol. The Morgan fingerprint density at radius 3 is 1.95 bits per heavy atom. The molecule has 5 nitrogen and oxygen atoms in total. The highest BCUT2D eigenvalue weighted by Gasteiger charge is 2.35. The Bertz CT molecular complexity index is 521. The Kier molecular flexibility index (Phi) is 3.92. The monoisotopic (exact) mass is 305 g/mol. The Morgan fingerprint density at radius 2 is 1.55 bits per heavy atom. The lowest BCUT2D eigenvalue weighted by Gasteiger charge is -2.19. The fourth-order valence-corrected chi connectivity index (χ4v) is 1.17. The fraction of sp³-hybridized carbons (Fsp3) is 0.222. The van der Waals surface area contributed by atoms with Crippen LogP contribution in [0.1, 0.15) is 10.4 Å². The predicted molar refractivity (Wildman–Crippen MR) is 46.2 cm³/mol. The van der Waals surface area contributed by atoms with Crippen molar-refractivity contribution in [3.63, 3.8) is 0 Å². The molecule has 112 valence electrons. The second-order valence-corrected chi connectivity index (χ2v) is 3.20. The third-order valence-electron chi connectivity index (χ3n) is 1.71. The van der Waals surface area contributed by atoms with Crippen molar-refractivity contribution in [3.8, 4) is 17.2 Å². The molecule has 0 amide bonds. The molecule has 0 radical (unpaired) electrons. The van der Waals surface area contributed by atoms with Gasteiger partial charge >= 0.3 is 18.7 Å². The Balaban J connectivity index is 3.32. The van der Waals surface area contributed by atoms with Gasteiger partial charge in [0.25, 0.3) is 0 Å². The van der Waals surface area contributed by atoms with Crippen molar-refractivity contribution >= 4 is 5.97 Å². The van der Waals surface area contributed by atoms with Gasteiger partial charge in [0.2, 0.25) is 0 Å². The number of benzene rings is 1. The van der Waals surface area contributed by atoms with Crippen LogP contribution in [-0.4, -0.2) is 23.8 Å². The van der Waals surface area contributed by atoms with E-state index in [2.05, 4.69) is 9.47 Å². The molecule has 1 aromatic rings. The quantitative estimate of drug-likeness (QED) is 0.867. The van der Waals surface area contributed by atoms with Crippen molar-refractivity contribution in [3.05, 3.63) is 17.7 Å². The van der Waals surface area contributed by atoms with Crippen molar-refractivity contribution in [2.45, 2.75) is 12.7 Å². The lowest BCUT2D eigenvalue weighted by molar-refractivity contribution is -0.281. The van der Waals surface area contributed by atoms with Crippen molar-refractivity contribution in [2.75, 3.05) is 0 Å². The van der Waals surface area contributed by atoms with Crippen LogP contribution in [0, 0.1) is 0 Å². The first-order valence-corrected chi connectivity index (χ1v) is 4.49. The molecule has 1 N–H and O–H groups in total. The van der Waals surface area contributed by atoms with Gasteiger partial charge in [0.05, 0.1) is 5.56 Å². The number of hydrogen-bond acceptors (Lipinski definition) is 4. The summed E-state index contributed by atoms with van der Waals surface area (Å²) in [5.74, 6) is -6.64. The molecule has 0 aliphatic carbocycles. The van der Waals surface area contributed by atoms with Crippen molar-refractivity contribution in [1.82, 2.24) is 0 Å². The molecule has 0 fully saturated rings. The second kappa shape index (κ2) is 4.98. The van der Waals surface area contributed by atoms with Gasteiger partial charge in [-0.05, 0) is 6.07 Å². The molecule has 0 aliphatic rings. The number of carboxylic acids is 1. The molecule has 0 aromatic heterocycles. The summed E-state index contributed by atoms with van der Waals surface area (Å²) in [4.78, 5) is 10.6. The largest absolute Gasteiger partial charge is 0.872 e. The number of carboxylic acid groups (broad SMARTS) is 1. The van der Waals surface area contributed by atoms with Crippen molar-refractivity contribution in [1.29, 1.82) is 0 Å². The minimum absolute atomic E-state index is 0.00579. The summed E-state index contributed by atoms with van der Waals surface area (Å²) >= 11 is 0. The number of aromatic carboxylic acids is 1. The minimum Gasteiger partial charge on any atom is -0.872 e. The molecule has 0 unspecified atom stereocenters. The van der Waals surface area contributed by atoms with Gasteiger partial charge in [-0.1, -0.05) is 5.75 Å². The summed E-state index contributed by atoms with van der Waals surface area (Å²) < 4.78 is 78.1. The molecule has 1 rings (SSSR count). The standard InChI is InChI=1S/C9H4F6O5/c10-8(11,12)19-3-1-4(16)6(7(17)18)5(2-3)20-9(13,14)15/h1-2,16H,(H,17,18)/p-1.